The second kappa shape index (κ2) is 10.1. The quantitative estimate of drug-likeness (QED) is 0.602. The molecule has 2 amide bonds. The molecule has 0 aromatic heterocycles. The third kappa shape index (κ3) is 5.15. The van der Waals surface area contributed by atoms with Crippen LogP contribution in [0.5, 0.6) is 0 Å². The lowest BCUT2D eigenvalue weighted by Gasteiger charge is -2.23. The van der Waals surface area contributed by atoms with Crippen LogP contribution in [0.25, 0.3) is 11.1 Å². The summed E-state index contributed by atoms with van der Waals surface area (Å²) in [6.45, 7) is 1.21. The lowest BCUT2D eigenvalue weighted by molar-refractivity contribution is -0.120. The smallest absolute Gasteiger partial charge is 0.410 e. The van der Waals surface area contributed by atoms with Gasteiger partial charge in [0.25, 0.3) is 0 Å². The molecule has 1 heterocycles. The highest BCUT2D eigenvalue weighted by atomic mass is 16.6. The zero-order valence-electron chi connectivity index (χ0n) is 17.9. The average molecular weight is 430 g/mol. The predicted molar refractivity (Wildman–Crippen MR) is 125 cm³/mol. The predicted octanol–water partition coefficient (Wildman–Crippen LogP) is 4.55. The molecule has 0 radical (unpaired) electrons. The summed E-state index contributed by atoms with van der Waals surface area (Å²) in [5, 5.41) is 2.97. The summed E-state index contributed by atoms with van der Waals surface area (Å²) in [6, 6.07) is 24.7. The van der Waals surface area contributed by atoms with Crippen LogP contribution in [0.1, 0.15) is 24.0 Å². The molecule has 4 rings (SSSR count). The number of nitrogens with zero attached hydrogens (tertiary/aromatic N) is 1. The van der Waals surface area contributed by atoms with Gasteiger partial charge in [-0.2, -0.15) is 0 Å². The van der Waals surface area contributed by atoms with Gasteiger partial charge in [-0.05, 0) is 47.2 Å². The van der Waals surface area contributed by atoms with Gasteiger partial charge < -0.3 is 15.8 Å². The van der Waals surface area contributed by atoms with E-state index in [1.54, 1.807) is 0 Å². The lowest BCUT2D eigenvalue weighted by atomic mass is 10.0. The average Bonchev–Trinajstić information content (AvgIpc) is 3.34. The number of rotatable bonds is 6. The molecule has 1 fully saturated rings. The molecule has 1 unspecified atom stereocenters. The molecule has 1 aliphatic heterocycles. The first-order chi connectivity index (χ1) is 15.6. The first kappa shape index (κ1) is 21.6. The SMILES string of the molecule is NCc1ccc(-c2cccc(NC(=O)C3CCCN3C(=O)OCc3ccccc3)c2)cc1. The van der Waals surface area contributed by atoms with E-state index in [0.29, 0.717) is 25.2 Å². The van der Waals surface area contributed by atoms with Gasteiger partial charge >= 0.3 is 6.09 Å². The lowest BCUT2D eigenvalue weighted by Crippen LogP contribution is -2.43. The van der Waals surface area contributed by atoms with E-state index in [0.717, 1.165) is 28.7 Å². The minimum Gasteiger partial charge on any atom is -0.445 e. The maximum atomic E-state index is 13.0. The van der Waals surface area contributed by atoms with Crippen molar-refractivity contribution in [1.29, 1.82) is 0 Å². The molecule has 164 valence electrons. The summed E-state index contributed by atoms with van der Waals surface area (Å²) in [5.74, 6) is -0.199. The van der Waals surface area contributed by atoms with E-state index < -0.39 is 12.1 Å². The van der Waals surface area contributed by atoms with Crippen LogP contribution in [0, 0.1) is 0 Å². The van der Waals surface area contributed by atoms with E-state index in [2.05, 4.69) is 5.32 Å². The third-order valence-electron chi connectivity index (χ3n) is 5.65. The molecule has 0 bridgehead atoms. The summed E-state index contributed by atoms with van der Waals surface area (Å²) in [4.78, 5) is 27.1. The molecular formula is C26H27N3O3. The van der Waals surface area contributed by atoms with Crippen LogP contribution >= 0.6 is 0 Å². The molecule has 6 heteroatoms. The Kier molecular flexibility index (Phi) is 6.82. The standard InChI is InChI=1S/C26H27N3O3/c27-17-19-11-13-21(14-12-19)22-8-4-9-23(16-22)28-25(30)24-10-5-15-29(24)26(31)32-18-20-6-2-1-3-7-20/h1-4,6-9,11-14,16,24H,5,10,15,17-18,27H2,(H,28,30). The fourth-order valence-corrected chi connectivity index (χ4v) is 3.90. The summed E-state index contributed by atoms with van der Waals surface area (Å²) in [6.07, 6.45) is 0.929. The number of nitrogens with one attached hydrogen (secondary N) is 1. The molecule has 32 heavy (non-hydrogen) atoms. The van der Waals surface area contributed by atoms with Gasteiger partial charge in [0, 0.05) is 18.8 Å². The number of likely N-dealkylation sites (tertiary alicyclic amines) is 1. The van der Waals surface area contributed by atoms with E-state index in [1.165, 1.54) is 4.90 Å². The van der Waals surface area contributed by atoms with E-state index in [1.807, 2.05) is 78.9 Å². The van der Waals surface area contributed by atoms with E-state index >= 15 is 0 Å². The first-order valence-corrected chi connectivity index (χ1v) is 10.8. The number of carbonyl (C=O) groups excluding carboxylic acids is 2. The Bertz CT molecular complexity index is 1070. The summed E-state index contributed by atoms with van der Waals surface area (Å²) in [5.41, 5.74) is 10.4. The molecule has 1 aliphatic rings. The molecule has 3 N–H and O–H groups in total. The minimum absolute atomic E-state index is 0.190. The van der Waals surface area contributed by atoms with Gasteiger partial charge in [0.15, 0.2) is 0 Å². The van der Waals surface area contributed by atoms with Gasteiger partial charge in [0.05, 0.1) is 0 Å². The van der Waals surface area contributed by atoms with E-state index in [9.17, 15) is 9.59 Å². The first-order valence-electron chi connectivity index (χ1n) is 10.8. The Morgan fingerprint density at radius 3 is 2.47 bits per heavy atom. The molecule has 3 aromatic rings. The molecular weight excluding hydrogens is 402 g/mol. The Hall–Kier alpha value is -3.64. The van der Waals surface area contributed by atoms with E-state index in [-0.39, 0.29) is 12.5 Å². The second-order valence-corrected chi connectivity index (χ2v) is 7.86. The van der Waals surface area contributed by atoms with Crippen molar-refractivity contribution in [2.75, 3.05) is 11.9 Å². The van der Waals surface area contributed by atoms with Gasteiger partial charge in [-0.3, -0.25) is 9.69 Å². The van der Waals surface area contributed by atoms with Crippen molar-refractivity contribution < 1.29 is 14.3 Å². The maximum absolute atomic E-state index is 13.0. The number of ether oxygens (including phenoxy) is 1. The Labute approximate surface area is 188 Å². The zero-order chi connectivity index (χ0) is 22.3. The third-order valence-corrected chi connectivity index (χ3v) is 5.65. The largest absolute Gasteiger partial charge is 0.445 e. The Balaban J connectivity index is 1.39. The van der Waals surface area contributed by atoms with E-state index in [4.69, 9.17) is 10.5 Å². The van der Waals surface area contributed by atoms with Crippen molar-refractivity contribution in [3.8, 4) is 11.1 Å². The topological polar surface area (TPSA) is 84.7 Å². The summed E-state index contributed by atoms with van der Waals surface area (Å²) in [7, 11) is 0. The number of amides is 2. The molecule has 3 aromatic carbocycles. The molecule has 1 atom stereocenters. The fourth-order valence-electron chi connectivity index (χ4n) is 3.90. The number of nitrogens with two attached hydrogens (primary N) is 1. The highest BCUT2D eigenvalue weighted by molar-refractivity contribution is 5.97. The molecule has 1 saturated heterocycles. The van der Waals surface area contributed by atoms with Crippen molar-refractivity contribution in [3.05, 3.63) is 90.0 Å². The van der Waals surface area contributed by atoms with Crippen molar-refractivity contribution in [3.63, 3.8) is 0 Å². The van der Waals surface area contributed by atoms with Crippen LogP contribution in [0.3, 0.4) is 0 Å². The van der Waals surface area contributed by atoms with Gasteiger partial charge in [0.2, 0.25) is 5.91 Å². The van der Waals surface area contributed by atoms with Gasteiger partial charge in [-0.15, -0.1) is 0 Å². The van der Waals surface area contributed by atoms with Crippen LogP contribution in [-0.4, -0.2) is 29.5 Å². The van der Waals surface area contributed by atoms with Crippen molar-refractivity contribution >= 4 is 17.7 Å². The maximum Gasteiger partial charge on any atom is 0.410 e. The van der Waals surface area contributed by atoms with Crippen LogP contribution in [0.4, 0.5) is 10.5 Å². The Morgan fingerprint density at radius 1 is 0.938 bits per heavy atom. The van der Waals surface area contributed by atoms with Crippen molar-refractivity contribution in [2.45, 2.75) is 32.0 Å². The number of carbonyl (C=O) groups is 2. The van der Waals surface area contributed by atoms with Crippen LogP contribution in [0.2, 0.25) is 0 Å². The monoisotopic (exact) mass is 429 g/mol. The van der Waals surface area contributed by atoms with Gasteiger partial charge in [-0.1, -0.05) is 66.7 Å². The summed E-state index contributed by atoms with van der Waals surface area (Å²) < 4.78 is 5.44. The molecule has 6 nitrogen and oxygen atoms in total. The number of benzene rings is 3. The van der Waals surface area contributed by atoms with Crippen LogP contribution < -0.4 is 11.1 Å². The minimum atomic E-state index is -0.536. The van der Waals surface area contributed by atoms with Crippen molar-refractivity contribution in [2.24, 2.45) is 5.73 Å². The normalized spacial score (nSPS) is 15.4. The zero-order valence-corrected chi connectivity index (χ0v) is 17.9. The van der Waals surface area contributed by atoms with Gasteiger partial charge in [0.1, 0.15) is 12.6 Å². The van der Waals surface area contributed by atoms with Gasteiger partial charge in [-0.25, -0.2) is 4.79 Å². The van der Waals surface area contributed by atoms with Crippen molar-refractivity contribution in [1.82, 2.24) is 4.90 Å². The Morgan fingerprint density at radius 2 is 1.72 bits per heavy atom. The highest BCUT2D eigenvalue weighted by Gasteiger charge is 2.35. The van der Waals surface area contributed by atoms with Crippen LogP contribution in [-0.2, 0) is 22.7 Å². The fraction of sp³-hybridized carbons (Fsp3) is 0.231. The molecule has 0 aliphatic carbocycles. The number of hydrogen-bond donors (Lipinski definition) is 2. The number of hydrogen-bond acceptors (Lipinski definition) is 4. The molecule has 0 spiro atoms. The molecule has 0 saturated carbocycles. The highest BCUT2D eigenvalue weighted by Crippen LogP contribution is 2.25. The number of anilines is 1. The summed E-state index contributed by atoms with van der Waals surface area (Å²) >= 11 is 0. The van der Waals surface area contributed by atoms with Crippen LogP contribution in [0.15, 0.2) is 78.9 Å². The second-order valence-electron chi connectivity index (χ2n) is 7.86.